The van der Waals surface area contributed by atoms with E-state index in [0.717, 1.165) is 57.2 Å². The molecule has 1 unspecified atom stereocenters. The van der Waals surface area contributed by atoms with Crippen molar-refractivity contribution in [2.75, 3.05) is 34.8 Å². The molecular formula is C28H34N6S. The molecule has 2 aromatic carbocycles. The number of nitrogens with one attached hydrogen (secondary N) is 2. The predicted molar refractivity (Wildman–Crippen MR) is 148 cm³/mol. The fraction of sp³-hybridized carbons (Fsp3) is 0.393. The van der Waals surface area contributed by atoms with Gasteiger partial charge in [-0.1, -0.05) is 61.5 Å². The Balaban J connectivity index is 1.27. The number of thiocarbonyl (C=S) groups is 1. The maximum atomic E-state index is 5.59. The Hall–Kier alpha value is -3.19. The van der Waals surface area contributed by atoms with Crippen molar-refractivity contribution in [1.82, 2.24) is 15.3 Å². The molecule has 0 saturated carbocycles. The first kappa shape index (κ1) is 23.5. The number of aromatic nitrogens is 2. The minimum Gasteiger partial charge on any atom is -0.362 e. The summed E-state index contributed by atoms with van der Waals surface area (Å²) in [5, 5.41) is 7.15. The molecule has 0 amide bonds. The highest BCUT2D eigenvalue weighted by Gasteiger charge is 2.24. The number of aryl methyl sites for hydroxylation is 1. The summed E-state index contributed by atoms with van der Waals surface area (Å²) in [6.45, 7) is 6.91. The van der Waals surface area contributed by atoms with E-state index in [9.17, 15) is 0 Å². The summed E-state index contributed by atoms with van der Waals surface area (Å²) < 4.78 is 0. The molecule has 2 N–H and O–H groups in total. The molecular weight excluding hydrogens is 452 g/mol. The number of nitrogens with zero attached hydrogens (tertiary/aromatic N) is 4. The van der Waals surface area contributed by atoms with Crippen molar-refractivity contribution in [1.29, 1.82) is 0 Å². The summed E-state index contributed by atoms with van der Waals surface area (Å²) in [4.78, 5) is 14.5. The summed E-state index contributed by atoms with van der Waals surface area (Å²) in [6.07, 6.45) is 4.50. The number of hydrogen-bond acceptors (Lipinski definition) is 5. The minimum atomic E-state index is 0.562. The molecule has 2 aliphatic heterocycles. The van der Waals surface area contributed by atoms with Crippen LogP contribution in [-0.2, 0) is 19.5 Å². The van der Waals surface area contributed by atoms with Crippen molar-refractivity contribution < 1.29 is 0 Å². The van der Waals surface area contributed by atoms with Crippen molar-refractivity contribution >= 4 is 34.9 Å². The number of hydrogen-bond donors (Lipinski definition) is 2. The van der Waals surface area contributed by atoms with Crippen LogP contribution < -0.4 is 20.4 Å². The van der Waals surface area contributed by atoms with E-state index in [1.165, 1.54) is 29.5 Å². The number of anilines is 3. The zero-order valence-corrected chi connectivity index (χ0v) is 21.2. The lowest BCUT2D eigenvalue weighted by Gasteiger charge is -2.32. The molecule has 0 aliphatic carbocycles. The van der Waals surface area contributed by atoms with Gasteiger partial charge in [0.15, 0.2) is 5.11 Å². The van der Waals surface area contributed by atoms with Crippen LogP contribution in [0.5, 0.6) is 0 Å². The predicted octanol–water partition coefficient (Wildman–Crippen LogP) is 5.15. The molecule has 5 rings (SSSR count). The Morgan fingerprint density at radius 1 is 0.971 bits per heavy atom. The summed E-state index contributed by atoms with van der Waals surface area (Å²) in [5.41, 5.74) is 4.07. The molecule has 0 bridgehead atoms. The van der Waals surface area contributed by atoms with E-state index in [1.807, 2.05) is 0 Å². The van der Waals surface area contributed by atoms with Crippen molar-refractivity contribution in [3.05, 3.63) is 77.4 Å². The fourth-order valence-electron chi connectivity index (χ4n) is 4.98. The topological polar surface area (TPSA) is 56.3 Å². The molecule has 3 aromatic rings. The molecule has 2 aliphatic rings. The van der Waals surface area contributed by atoms with Gasteiger partial charge in [-0.15, -0.1) is 0 Å². The highest BCUT2D eigenvalue weighted by Crippen LogP contribution is 2.31. The summed E-state index contributed by atoms with van der Waals surface area (Å²) in [7, 11) is 0. The van der Waals surface area contributed by atoms with Crippen LogP contribution in [0.25, 0.3) is 0 Å². The van der Waals surface area contributed by atoms with Gasteiger partial charge in [0.1, 0.15) is 11.6 Å². The van der Waals surface area contributed by atoms with Gasteiger partial charge in [-0.3, -0.25) is 0 Å². The zero-order valence-electron chi connectivity index (χ0n) is 20.4. The monoisotopic (exact) mass is 486 g/mol. The van der Waals surface area contributed by atoms with Gasteiger partial charge in [-0.05, 0) is 60.5 Å². The second-order valence-electron chi connectivity index (χ2n) is 9.70. The second kappa shape index (κ2) is 11.0. The average molecular weight is 487 g/mol. The van der Waals surface area contributed by atoms with Crippen LogP contribution in [0.4, 0.5) is 17.6 Å². The zero-order chi connectivity index (χ0) is 24.0. The van der Waals surface area contributed by atoms with Gasteiger partial charge in [0.2, 0.25) is 5.95 Å². The average Bonchev–Trinajstić information content (AvgIpc) is 3.32. The van der Waals surface area contributed by atoms with Crippen LogP contribution in [0.3, 0.4) is 0 Å². The molecule has 182 valence electrons. The molecule has 6 nitrogen and oxygen atoms in total. The summed E-state index contributed by atoms with van der Waals surface area (Å²) in [6, 6.07) is 21.3. The third-order valence-electron chi connectivity index (χ3n) is 6.84. The van der Waals surface area contributed by atoms with Gasteiger partial charge >= 0.3 is 0 Å². The quantitative estimate of drug-likeness (QED) is 0.354. The summed E-state index contributed by atoms with van der Waals surface area (Å²) >= 11 is 5.59. The largest absolute Gasteiger partial charge is 0.362 e. The van der Waals surface area contributed by atoms with E-state index in [4.69, 9.17) is 22.2 Å². The third-order valence-corrected chi connectivity index (χ3v) is 7.09. The van der Waals surface area contributed by atoms with Crippen molar-refractivity contribution in [3.8, 4) is 0 Å². The van der Waals surface area contributed by atoms with Gasteiger partial charge in [-0.2, -0.15) is 9.97 Å². The molecule has 1 aromatic heterocycles. The van der Waals surface area contributed by atoms with Crippen LogP contribution in [0.1, 0.15) is 42.9 Å². The standard InChI is InChI=1S/C28H34N6S/c1-21-9-8-16-33(18-21)25-17-26(34-19-23-13-5-6-14-24(23)20-34)31-27(30-25)32-28(35)29-15-7-12-22-10-3-2-4-11-22/h2-6,10-11,13-14,17,21H,7-9,12,15-16,18-20H2,1H3,(H2,29,30,31,32,35). The van der Waals surface area contributed by atoms with Crippen molar-refractivity contribution in [3.63, 3.8) is 0 Å². The third kappa shape index (κ3) is 6.09. The van der Waals surface area contributed by atoms with Gasteiger partial charge < -0.3 is 20.4 Å². The normalized spacial score (nSPS) is 17.2. The number of fused-ring (bicyclic) bond motifs is 1. The van der Waals surface area contributed by atoms with E-state index in [1.54, 1.807) is 0 Å². The molecule has 35 heavy (non-hydrogen) atoms. The lowest BCUT2D eigenvalue weighted by atomic mass is 10.0. The second-order valence-corrected chi connectivity index (χ2v) is 10.1. The molecule has 0 spiro atoms. The summed E-state index contributed by atoms with van der Waals surface area (Å²) in [5.74, 6) is 3.15. The van der Waals surface area contributed by atoms with E-state index < -0.39 is 0 Å². The van der Waals surface area contributed by atoms with E-state index in [2.05, 4.69) is 88.0 Å². The molecule has 1 atom stereocenters. The molecule has 7 heteroatoms. The van der Waals surface area contributed by atoms with Crippen LogP contribution in [0, 0.1) is 5.92 Å². The number of rotatable bonds is 7. The van der Waals surface area contributed by atoms with Gasteiger partial charge in [0.25, 0.3) is 0 Å². The smallest absolute Gasteiger partial charge is 0.232 e. The number of piperidine rings is 1. The SMILES string of the molecule is CC1CCCN(c2cc(N3Cc4ccccc4C3)nc(NC(=S)NCCCc3ccccc3)n2)C1. The van der Waals surface area contributed by atoms with Crippen LogP contribution in [0.15, 0.2) is 60.7 Å². The van der Waals surface area contributed by atoms with Crippen LogP contribution >= 0.6 is 12.2 Å². The van der Waals surface area contributed by atoms with Crippen molar-refractivity contribution in [2.24, 2.45) is 5.92 Å². The molecule has 1 saturated heterocycles. The fourth-order valence-corrected chi connectivity index (χ4v) is 5.17. The lowest BCUT2D eigenvalue weighted by Crippen LogP contribution is -2.35. The molecule has 0 radical (unpaired) electrons. The number of benzene rings is 2. The van der Waals surface area contributed by atoms with Crippen LogP contribution in [-0.4, -0.2) is 34.7 Å². The lowest BCUT2D eigenvalue weighted by molar-refractivity contribution is 0.444. The highest BCUT2D eigenvalue weighted by atomic mass is 32.1. The van der Waals surface area contributed by atoms with E-state index in [-0.39, 0.29) is 0 Å². The van der Waals surface area contributed by atoms with Gasteiger partial charge in [0.05, 0.1) is 0 Å². The first-order valence-corrected chi connectivity index (χ1v) is 13.1. The van der Waals surface area contributed by atoms with Gasteiger partial charge in [0, 0.05) is 38.8 Å². The van der Waals surface area contributed by atoms with Crippen LogP contribution in [0.2, 0.25) is 0 Å². The minimum absolute atomic E-state index is 0.562. The maximum absolute atomic E-state index is 5.59. The van der Waals surface area contributed by atoms with E-state index >= 15 is 0 Å². The first-order valence-electron chi connectivity index (χ1n) is 12.7. The highest BCUT2D eigenvalue weighted by molar-refractivity contribution is 7.80. The van der Waals surface area contributed by atoms with Gasteiger partial charge in [-0.25, -0.2) is 0 Å². The maximum Gasteiger partial charge on any atom is 0.232 e. The Bertz CT molecular complexity index is 1130. The molecule has 3 heterocycles. The Morgan fingerprint density at radius 3 is 2.37 bits per heavy atom. The van der Waals surface area contributed by atoms with E-state index in [0.29, 0.717) is 17.0 Å². The Morgan fingerprint density at radius 2 is 1.66 bits per heavy atom. The first-order chi connectivity index (χ1) is 17.1. The van der Waals surface area contributed by atoms with Crippen molar-refractivity contribution in [2.45, 2.75) is 45.7 Å². The Labute approximate surface area is 213 Å². The molecule has 1 fully saturated rings. The Kier molecular flexibility index (Phi) is 7.42.